The van der Waals surface area contributed by atoms with Crippen LogP contribution in [0.3, 0.4) is 0 Å². The summed E-state index contributed by atoms with van der Waals surface area (Å²) in [6.45, 7) is 0. The molecule has 62 valence electrons. The zero-order valence-corrected chi connectivity index (χ0v) is 6.87. The molecular formula is C6H5ClF2OS. The molecule has 0 aliphatic heterocycles. The molecule has 0 saturated carbocycles. The van der Waals surface area contributed by atoms with Crippen LogP contribution in [0.1, 0.15) is 11.7 Å². The Morgan fingerprint density at radius 1 is 1.55 bits per heavy atom. The van der Waals surface area contributed by atoms with Crippen LogP contribution in [0.5, 0.6) is 0 Å². The molecular weight excluding hydrogens is 194 g/mol. The molecule has 0 saturated heterocycles. The normalized spacial score (nSPS) is 13.9. The third-order valence-electron chi connectivity index (χ3n) is 1.17. The number of aliphatic hydroxyl groups excluding tert-OH is 1. The van der Waals surface area contributed by atoms with Crippen LogP contribution in [0.25, 0.3) is 0 Å². The van der Waals surface area contributed by atoms with E-state index in [1.807, 2.05) is 0 Å². The first kappa shape index (κ1) is 8.90. The van der Waals surface area contributed by atoms with Crippen molar-refractivity contribution in [1.82, 2.24) is 0 Å². The van der Waals surface area contributed by atoms with Gasteiger partial charge in [0.15, 0.2) is 0 Å². The Bertz CT molecular complexity index is 238. The monoisotopic (exact) mass is 198 g/mol. The fourth-order valence-electron chi connectivity index (χ4n) is 0.624. The first-order valence-electron chi connectivity index (χ1n) is 2.81. The Morgan fingerprint density at radius 3 is 2.55 bits per heavy atom. The standard InChI is InChI=1S/C6H5ClF2OS/c7-4-1-3(2-11-4)5(10)6(8)9/h1-2,5-6,10H. The van der Waals surface area contributed by atoms with Gasteiger partial charge in [0.25, 0.3) is 6.43 Å². The molecule has 1 unspecified atom stereocenters. The summed E-state index contributed by atoms with van der Waals surface area (Å²) in [6.07, 6.45) is -4.46. The number of alkyl halides is 2. The summed E-state index contributed by atoms with van der Waals surface area (Å²) in [5, 5.41) is 10.2. The van der Waals surface area contributed by atoms with Crippen molar-refractivity contribution < 1.29 is 13.9 Å². The van der Waals surface area contributed by atoms with Crippen LogP contribution in [-0.4, -0.2) is 11.5 Å². The molecule has 0 bridgehead atoms. The number of hydrogen-bond acceptors (Lipinski definition) is 2. The highest BCUT2D eigenvalue weighted by molar-refractivity contribution is 7.14. The van der Waals surface area contributed by atoms with E-state index >= 15 is 0 Å². The van der Waals surface area contributed by atoms with Crippen LogP contribution in [0.15, 0.2) is 11.4 Å². The summed E-state index contributed by atoms with van der Waals surface area (Å²) >= 11 is 6.59. The van der Waals surface area contributed by atoms with Crippen LogP contribution in [0, 0.1) is 0 Å². The summed E-state index contributed by atoms with van der Waals surface area (Å²) in [6, 6.07) is 1.34. The van der Waals surface area contributed by atoms with Gasteiger partial charge >= 0.3 is 0 Å². The third-order valence-corrected chi connectivity index (χ3v) is 2.28. The van der Waals surface area contributed by atoms with Crippen LogP contribution in [0.4, 0.5) is 8.78 Å². The molecule has 0 radical (unpaired) electrons. The largest absolute Gasteiger partial charge is 0.382 e. The summed E-state index contributed by atoms with van der Waals surface area (Å²) in [5.41, 5.74) is 0.176. The van der Waals surface area contributed by atoms with Gasteiger partial charge in [-0.3, -0.25) is 0 Å². The molecule has 1 atom stereocenters. The fraction of sp³-hybridized carbons (Fsp3) is 0.333. The van der Waals surface area contributed by atoms with E-state index in [9.17, 15) is 8.78 Å². The molecule has 0 aliphatic carbocycles. The lowest BCUT2D eigenvalue weighted by atomic mass is 10.2. The molecule has 1 N–H and O–H groups in total. The molecule has 0 spiro atoms. The van der Waals surface area contributed by atoms with Crippen LogP contribution < -0.4 is 0 Å². The number of rotatable bonds is 2. The highest BCUT2D eigenvalue weighted by Crippen LogP contribution is 2.27. The van der Waals surface area contributed by atoms with Gasteiger partial charge in [-0.05, 0) is 17.0 Å². The molecule has 0 fully saturated rings. The minimum atomic E-state index is -2.75. The lowest BCUT2D eigenvalue weighted by Crippen LogP contribution is -2.06. The fourth-order valence-corrected chi connectivity index (χ4v) is 1.54. The quantitative estimate of drug-likeness (QED) is 0.775. The minimum absolute atomic E-state index is 0.176. The predicted molar refractivity (Wildman–Crippen MR) is 40.3 cm³/mol. The van der Waals surface area contributed by atoms with E-state index in [-0.39, 0.29) is 5.56 Å². The minimum Gasteiger partial charge on any atom is -0.382 e. The van der Waals surface area contributed by atoms with Gasteiger partial charge in [0, 0.05) is 0 Å². The maximum Gasteiger partial charge on any atom is 0.268 e. The zero-order chi connectivity index (χ0) is 8.43. The van der Waals surface area contributed by atoms with E-state index in [4.69, 9.17) is 16.7 Å². The first-order chi connectivity index (χ1) is 5.11. The number of aliphatic hydroxyl groups is 1. The molecule has 1 nitrogen and oxygen atoms in total. The Labute approximate surface area is 71.2 Å². The zero-order valence-electron chi connectivity index (χ0n) is 5.30. The average Bonchev–Trinajstić information content (AvgIpc) is 2.34. The molecule has 5 heteroatoms. The number of hydrogen-bond donors (Lipinski definition) is 1. The SMILES string of the molecule is OC(c1csc(Cl)c1)C(F)F. The maximum absolute atomic E-state index is 11.8. The molecule has 1 rings (SSSR count). The Kier molecular flexibility index (Phi) is 2.81. The van der Waals surface area contributed by atoms with E-state index in [2.05, 4.69) is 0 Å². The van der Waals surface area contributed by atoms with Gasteiger partial charge in [-0.2, -0.15) is 0 Å². The smallest absolute Gasteiger partial charge is 0.268 e. The number of halogens is 3. The molecule has 0 aliphatic rings. The Morgan fingerprint density at radius 2 is 2.18 bits per heavy atom. The van der Waals surface area contributed by atoms with Gasteiger partial charge in [0.2, 0.25) is 0 Å². The van der Waals surface area contributed by atoms with Crippen molar-refractivity contribution in [2.45, 2.75) is 12.5 Å². The second-order valence-corrected chi connectivity index (χ2v) is 3.51. The maximum atomic E-state index is 11.8. The van der Waals surface area contributed by atoms with Crippen molar-refractivity contribution in [1.29, 1.82) is 0 Å². The van der Waals surface area contributed by atoms with E-state index < -0.39 is 12.5 Å². The summed E-state index contributed by atoms with van der Waals surface area (Å²) in [4.78, 5) is 0. The summed E-state index contributed by atoms with van der Waals surface area (Å²) in [7, 11) is 0. The van der Waals surface area contributed by atoms with E-state index in [1.54, 1.807) is 0 Å². The topological polar surface area (TPSA) is 20.2 Å². The van der Waals surface area contributed by atoms with Gasteiger partial charge in [0.1, 0.15) is 6.10 Å². The summed E-state index contributed by atoms with van der Waals surface area (Å²) < 4.78 is 24.1. The lowest BCUT2D eigenvalue weighted by molar-refractivity contribution is -0.00553. The van der Waals surface area contributed by atoms with E-state index in [0.29, 0.717) is 4.34 Å². The van der Waals surface area contributed by atoms with Gasteiger partial charge in [0.05, 0.1) is 4.34 Å². The molecule has 1 aromatic heterocycles. The van der Waals surface area contributed by atoms with Crippen molar-refractivity contribution in [3.63, 3.8) is 0 Å². The van der Waals surface area contributed by atoms with Crippen molar-refractivity contribution in [3.05, 3.63) is 21.3 Å². The second-order valence-electron chi connectivity index (χ2n) is 1.96. The molecule has 0 amide bonds. The average molecular weight is 199 g/mol. The van der Waals surface area contributed by atoms with Gasteiger partial charge < -0.3 is 5.11 Å². The molecule has 1 aromatic rings. The Balaban J connectivity index is 2.76. The lowest BCUT2D eigenvalue weighted by Gasteiger charge is -2.05. The van der Waals surface area contributed by atoms with Gasteiger partial charge in [-0.15, -0.1) is 11.3 Å². The van der Waals surface area contributed by atoms with Gasteiger partial charge in [-0.1, -0.05) is 11.6 Å². The van der Waals surface area contributed by atoms with Crippen LogP contribution in [0.2, 0.25) is 4.34 Å². The van der Waals surface area contributed by atoms with E-state index in [1.165, 1.54) is 11.4 Å². The van der Waals surface area contributed by atoms with Crippen molar-refractivity contribution in [2.24, 2.45) is 0 Å². The predicted octanol–water partition coefficient (Wildman–Crippen LogP) is 2.70. The molecule has 1 heterocycles. The molecule has 0 aromatic carbocycles. The highest BCUT2D eigenvalue weighted by atomic mass is 35.5. The highest BCUT2D eigenvalue weighted by Gasteiger charge is 2.19. The summed E-state index contributed by atoms with van der Waals surface area (Å²) in [5.74, 6) is 0. The van der Waals surface area contributed by atoms with E-state index in [0.717, 1.165) is 11.3 Å². The van der Waals surface area contributed by atoms with Crippen molar-refractivity contribution in [3.8, 4) is 0 Å². The first-order valence-corrected chi connectivity index (χ1v) is 4.07. The van der Waals surface area contributed by atoms with Gasteiger partial charge in [-0.25, -0.2) is 8.78 Å². The van der Waals surface area contributed by atoms with Crippen molar-refractivity contribution >= 4 is 22.9 Å². The third kappa shape index (κ3) is 2.12. The molecule has 11 heavy (non-hydrogen) atoms. The van der Waals surface area contributed by atoms with Crippen molar-refractivity contribution in [2.75, 3.05) is 0 Å². The Hall–Kier alpha value is -0.190. The van der Waals surface area contributed by atoms with Crippen LogP contribution in [-0.2, 0) is 0 Å². The second kappa shape index (κ2) is 3.47. The number of thiophene rings is 1. The van der Waals surface area contributed by atoms with Crippen LogP contribution >= 0.6 is 22.9 Å².